The van der Waals surface area contributed by atoms with Crippen molar-refractivity contribution in [2.24, 2.45) is 0 Å². The van der Waals surface area contributed by atoms with Crippen LogP contribution >= 0.6 is 11.8 Å². The van der Waals surface area contributed by atoms with Crippen LogP contribution in [0.5, 0.6) is 0 Å². The maximum absolute atomic E-state index is 12.8. The lowest BCUT2D eigenvalue weighted by atomic mass is 10.1. The highest BCUT2D eigenvalue weighted by atomic mass is 32.2. The Morgan fingerprint density at radius 1 is 1.16 bits per heavy atom. The molecule has 0 bridgehead atoms. The summed E-state index contributed by atoms with van der Waals surface area (Å²) in [5, 5.41) is 3.32. The van der Waals surface area contributed by atoms with E-state index in [0.717, 1.165) is 17.1 Å². The summed E-state index contributed by atoms with van der Waals surface area (Å²) in [6.07, 6.45) is 4.59. The fourth-order valence-electron chi connectivity index (χ4n) is 1.78. The Hall–Kier alpha value is -1.39. The summed E-state index contributed by atoms with van der Waals surface area (Å²) in [7, 11) is 1.97. The van der Waals surface area contributed by atoms with Crippen LogP contribution in [0.2, 0.25) is 0 Å². The highest BCUT2D eigenvalue weighted by molar-refractivity contribution is 7.99. The number of likely N-dealkylation sites (N-methyl/N-ethyl adjacent to an activating group) is 1. The van der Waals surface area contributed by atoms with Gasteiger partial charge in [-0.15, -0.1) is 11.8 Å². The molecule has 1 N–H and O–H groups in total. The highest BCUT2D eigenvalue weighted by Crippen LogP contribution is 2.20. The van der Waals surface area contributed by atoms with Gasteiger partial charge in [-0.25, -0.2) is 4.39 Å². The number of benzene rings is 1. The van der Waals surface area contributed by atoms with Gasteiger partial charge in [0.15, 0.2) is 0 Å². The third-order valence-electron chi connectivity index (χ3n) is 2.90. The Kier molecular flexibility index (Phi) is 5.36. The van der Waals surface area contributed by atoms with Crippen LogP contribution in [0.25, 0.3) is 0 Å². The van der Waals surface area contributed by atoms with Gasteiger partial charge in [-0.3, -0.25) is 4.98 Å². The Labute approximate surface area is 117 Å². The molecule has 0 radical (unpaired) electrons. The topological polar surface area (TPSA) is 24.9 Å². The summed E-state index contributed by atoms with van der Waals surface area (Å²) in [6, 6.07) is 11.1. The number of hydrogen-bond donors (Lipinski definition) is 1. The average Bonchev–Trinajstić information content (AvgIpc) is 2.46. The summed E-state index contributed by atoms with van der Waals surface area (Å²) in [5.41, 5.74) is 1.27. The minimum atomic E-state index is -0.189. The van der Waals surface area contributed by atoms with E-state index in [2.05, 4.69) is 10.3 Å². The van der Waals surface area contributed by atoms with E-state index in [1.165, 1.54) is 17.7 Å². The van der Waals surface area contributed by atoms with Crippen LogP contribution in [0.1, 0.15) is 5.56 Å². The smallest absolute Gasteiger partial charge is 0.123 e. The van der Waals surface area contributed by atoms with Crippen molar-refractivity contribution in [2.45, 2.75) is 17.4 Å². The van der Waals surface area contributed by atoms with E-state index in [9.17, 15) is 4.39 Å². The molecule has 0 aliphatic carbocycles. The van der Waals surface area contributed by atoms with E-state index in [1.807, 2.05) is 43.7 Å². The number of hydrogen-bond acceptors (Lipinski definition) is 3. The molecule has 1 atom stereocenters. The average molecular weight is 276 g/mol. The van der Waals surface area contributed by atoms with Crippen molar-refractivity contribution < 1.29 is 4.39 Å². The summed E-state index contributed by atoms with van der Waals surface area (Å²) < 4.78 is 12.8. The van der Waals surface area contributed by atoms with Gasteiger partial charge in [-0.1, -0.05) is 0 Å². The van der Waals surface area contributed by atoms with Crippen molar-refractivity contribution in [2.75, 3.05) is 12.8 Å². The van der Waals surface area contributed by atoms with Crippen LogP contribution in [0.4, 0.5) is 4.39 Å². The number of pyridine rings is 1. The normalized spacial score (nSPS) is 12.3. The van der Waals surface area contributed by atoms with Crippen molar-refractivity contribution in [1.82, 2.24) is 10.3 Å². The van der Waals surface area contributed by atoms with Crippen LogP contribution in [0.15, 0.2) is 53.7 Å². The lowest BCUT2D eigenvalue weighted by Gasteiger charge is -2.15. The number of halogens is 1. The molecule has 0 aliphatic rings. The van der Waals surface area contributed by atoms with Crippen molar-refractivity contribution in [3.63, 3.8) is 0 Å². The van der Waals surface area contributed by atoms with E-state index in [-0.39, 0.29) is 5.82 Å². The van der Waals surface area contributed by atoms with Crippen LogP contribution in [0, 0.1) is 5.82 Å². The quantitative estimate of drug-likeness (QED) is 0.820. The van der Waals surface area contributed by atoms with Gasteiger partial charge < -0.3 is 5.32 Å². The first-order valence-electron chi connectivity index (χ1n) is 6.22. The van der Waals surface area contributed by atoms with E-state index < -0.39 is 0 Å². The molecule has 0 spiro atoms. The second kappa shape index (κ2) is 7.26. The largest absolute Gasteiger partial charge is 0.316 e. The first-order chi connectivity index (χ1) is 9.28. The van der Waals surface area contributed by atoms with Crippen LogP contribution in [-0.2, 0) is 6.42 Å². The third-order valence-corrected chi connectivity index (χ3v) is 4.08. The SMILES string of the molecule is CNC(CSc1ccc(F)cc1)Cc1ccncc1. The number of nitrogens with one attached hydrogen (secondary N) is 1. The van der Waals surface area contributed by atoms with Gasteiger partial charge in [0.25, 0.3) is 0 Å². The maximum atomic E-state index is 12.8. The molecule has 0 aliphatic heterocycles. The Morgan fingerprint density at radius 3 is 2.47 bits per heavy atom. The second-order valence-electron chi connectivity index (χ2n) is 4.31. The van der Waals surface area contributed by atoms with Crippen molar-refractivity contribution in [3.05, 3.63) is 60.2 Å². The molecule has 0 fully saturated rings. The van der Waals surface area contributed by atoms with E-state index in [1.54, 1.807) is 11.8 Å². The van der Waals surface area contributed by atoms with Gasteiger partial charge in [0.2, 0.25) is 0 Å². The van der Waals surface area contributed by atoms with Gasteiger partial charge in [-0.2, -0.15) is 0 Å². The predicted molar refractivity (Wildman–Crippen MR) is 77.9 cm³/mol. The molecule has 2 nitrogen and oxygen atoms in total. The molecule has 19 heavy (non-hydrogen) atoms. The van der Waals surface area contributed by atoms with Gasteiger partial charge in [-0.05, 0) is 55.4 Å². The summed E-state index contributed by atoms with van der Waals surface area (Å²) >= 11 is 1.74. The molecule has 1 unspecified atom stereocenters. The minimum absolute atomic E-state index is 0.189. The van der Waals surface area contributed by atoms with E-state index >= 15 is 0 Å². The van der Waals surface area contributed by atoms with Crippen LogP contribution in [-0.4, -0.2) is 23.8 Å². The predicted octanol–water partition coefficient (Wildman–Crippen LogP) is 3.14. The Bertz CT molecular complexity index is 487. The molecule has 0 saturated carbocycles. The summed E-state index contributed by atoms with van der Waals surface area (Å²) in [4.78, 5) is 5.11. The standard InChI is InChI=1S/C15H17FN2S/c1-17-14(10-12-6-8-18-9-7-12)11-19-15-4-2-13(16)3-5-15/h2-9,14,17H,10-11H2,1H3. The molecule has 1 heterocycles. The molecule has 0 amide bonds. The summed E-state index contributed by atoms with van der Waals surface area (Å²) in [5.74, 6) is 0.760. The zero-order valence-corrected chi connectivity index (χ0v) is 11.7. The third kappa shape index (κ3) is 4.65. The zero-order valence-electron chi connectivity index (χ0n) is 10.8. The molecule has 4 heteroatoms. The fraction of sp³-hybridized carbons (Fsp3) is 0.267. The highest BCUT2D eigenvalue weighted by Gasteiger charge is 2.08. The minimum Gasteiger partial charge on any atom is -0.316 e. The van der Waals surface area contributed by atoms with Gasteiger partial charge in [0.05, 0.1) is 0 Å². The number of aromatic nitrogens is 1. The maximum Gasteiger partial charge on any atom is 0.123 e. The van der Waals surface area contributed by atoms with Crippen molar-refractivity contribution in [1.29, 1.82) is 0 Å². The van der Waals surface area contributed by atoms with Gasteiger partial charge in [0.1, 0.15) is 5.82 Å². The van der Waals surface area contributed by atoms with Gasteiger partial charge >= 0.3 is 0 Å². The van der Waals surface area contributed by atoms with E-state index in [4.69, 9.17) is 0 Å². The molecule has 2 rings (SSSR count). The number of rotatable bonds is 6. The first kappa shape index (κ1) is 14.0. The zero-order chi connectivity index (χ0) is 13.5. The first-order valence-corrected chi connectivity index (χ1v) is 7.21. The lowest BCUT2D eigenvalue weighted by molar-refractivity contribution is 0.616. The molecule has 2 aromatic rings. The number of thioether (sulfide) groups is 1. The summed E-state index contributed by atoms with van der Waals surface area (Å²) in [6.45, 7) is 0. The molecular formula is C15H17FN2S. The fourth-order valence-corrected chi connectivity index (χ4v) is 2.78. The van der Waals surface area contributed by atoms with Crippen molar-refractivity contribution in [3.8, 4) is 0 Å². The Morgan fingerprint density at radius 2 is 1.84 bits per heavy atom. The van der Waals surface area contributed by atoms with E-state index in [0.29, 0.717) is 6.04 Å². The van der Waals surface area contributed by atoms with Crippen LogP contribution in [0.3, 0.4) is 0 Å². The molecular weight excluding hydrogens is 259 g/mol. The molecule has 1 aromatic carbocycles. The Balaban J connectivity index is 1.87. The second-order valence-corrected chi connectivity index (χ2v) is 5.40. The lowest BCUT2D eigenvalue weighted by Crippen LogP contribution is -2.30. The van der Waals surface area contributed by atoms with Gasteiger partial charge in [0, 0.05) is 29.1 Å². The number of nitrogens with zero attached hydrogens (tertiary/aromatic N) is 1. The monoisotopic (exact) mass is 276 g/mol. The van der Waals surface area contributed by atoms with Crippen LogP contribution < -0.4 is 5.32 Å². The molecule has 1 aromatic heterocycles. The molecule has 0 saturated heterocycles. The molecule has 100 valence electrons. The van der Waals surface area contributed by atoms with Crippen molar-refractivity contribution >= 4 is 11.8 Å².